The van der Waals surface area contributed by atoms with Gasteiger partial charge in [0.15, 0.2) is 7.14 Å². The maximum absolute atomic E-state index is 13.7. The molecule has 2 rings (SSSR count). The van der Waals surface area contributed by atoms with Crippen LogP contribution in [0.1, 0.15) is 36.5 Å². The Labute approximate surface area is 134 Å². The normalized spacial score (nSPS) is 13.8. The molecule has 0 spiro atoms. The van der Waals surface area contributed by atoms with Crippen molar-refractivity contribution in [2.24, 2.45) is 5.73 Å². The average molecular weight is 315 g/mol. The van der Waals surface area contributed by atoms with Gasteiger partial charge in [-0.05, 0) is 32.3 Å². The predicted octanol–water partition coefficient (Wildman–Crippen LogP) is 3.88. The highest BCUT2D eigenvalue weighted by Gasteiger charge is 2.27. The maximum atomic E-state index is 13.7. The van der Waals surface area contributed by atoms with E-state index in [1.54, 1.807) is 0 Å². The van der Waals surface area contributed by atoms with Crippen LogP contribution >= 0.6 is 7.14 Å². The number of unbranched alkanes of at least 4 members (excludes halogenated alkanes) is 1. The quantitative estimate of drug-likeness (QED) is 0.822. The number of aryl methyl sites for hydroxylation is 3. The molecule has 0 aromatic heterocycles. The van der Waals surface area contributed by atoms with Crippen molar-refractivity contribution >= 4 is 17.8 Å². The molecule has 3 heteroatoms. The van der Waals surface area contributed by atoms with E-state index in [-0.39, 0.29) is 6.29 Å². The zero-order valence-electron chi connectivity index (χ0n) is 13.8. The Hall–Kier alpha value is -1.37. The second-order valence-corrected chi connectivity index (χ2v) is 8.84. The molecule has 22 heavy (non-hydrogen) atoms. The molecule has 0 aliphatic heterocycles. The summed E-state index contributed by atoms with van der Waals surface area (Å²) in [6, 6.07) is 14.2. The average Bonchev–Trinajstić information content (AvgIpc) is 2.53. The van der Waals surface area contributed by atoms with Gasteiger partial charge in [-0.1, -0.05) is 66.9 Å². The third-order valence-corrected chi connectivity index (χ3v) is 6.99. The highest BCUT2D eigenvalue weighted by molar-refractivity contribution is 7.78. The van der Waals surface area contributed by atoms with Crippen LogP contribution in [0.3, 0.4) is 0 Å². The van der Waals surface area contributed by atoms with Crippen LogP contribution in [0.25, 0.3) is 0 Å². The lowest BCUT2D eigenvalue weighted by atomic mass is 10.1. The van der Waals surface area contributed by atoms with E-state index < -0.39 is 7.14 Å². The fourth-order valence-corrected chi connectivity index (χ4v) is 5.03. The topological polar surface area (TPSA) is 43.1 Å². The molecular weight excluding hydrogens is 289 g/mol. The summed E-state index contributed by atoms with van der Waals surface area (Å²) in [6.45, 7) is 6.30. The predicted molar refractivity (Wildman–Crippen MR) is 96.9 cm³/mol. The van der Waals surface area contributed by atoms with Crippen molar-refractivity contribution in [1.82, 2.24) is 0 Å². The summed E-state index contributed by atoms with van der Waals surface area (Å²) >= 11 is 0. The van der Waals surface area contributed by atoms with Crippen LogP contribution < -0.4 is 16.3 Å². The minimum atomic E-state index is -2.74. The molecular formula is C19H26NOP. The van der Waals surface area contributed by atoms with Crippen LogP contribution in [-0.2, 0) is 11.0 Å². The zero-order chi connectivity index (χ0) is 16.2. The Bertz CT molecular complexity index is 676. The lowest BCUT2D eigenvalue weighted by Gasteiger charge is -2.21. The molecule has 1 atom stereocenters. The molecule has 0 bridgehead atoms. The van der Waals surface area contributed by atoms with Crippen LogP contribution in [-0.4, -0.2) is 6.29 Å². The van der Waals surface area contributed by atoms with Gasteiger partial charge in [0.1, 0.15) is 0 Å². The van der Waals surface area contributed by atoms with E-state index in [9.17, 15) is 4.57 Å². The molecule has 1 unspecified atom stereocenters. The van der Waals surface area contributed by atoms with Crippen molar-refractivity contribution < 1.29 is 4.57 Å². The van der Waals surface area contributed by atoms with E-state index in [0.717, 1.165) is 29.9 Å². The van der Waals surface area contributed by atoms with Gasteiger partial charge in [0.2, 0.25) is 0 Å². The number of nitrogens with two attached hydrogens (primary N) is 1. The van der Waals surface area contributed by atoms with Crippen LogP contribution in [0.5, 0.6) is 0 Å². The Morgan fingerprint density at radius 3 is 2.23 bits per heavy atom. The van der Waals surface area contributed by atoms with Gasteiger partial charge >= 0.3 is 0 Å². The van der Waals surface area contributed by atoms with E-state index in [4.69, 9.17) is 5.73 Å². The van der Waals surface area contributed by atoms with Crippen LogP contribution in [0.15, 0.2) is 42.5 Å². The summed E-state index contributed by atoms with van der Waals surface area (Å²) in [6.07, 6.45) is 3.38. The summed E-state index contributed by atoms with van der Waals surface area (Å²) in [7, 11) is -2.74. The maximum Gasteiger partial charge on any atom is 0.156 e. The molecule has 2 nitrogen and oxygen atoms in total. The van der Waals surface area contributed by atoms with Gasteiger partial charge in [0, 0.05) is 10.6 Å². The summed E-state index contributed by atoms with van der Waals surface area (Å²) in [5, 5.41) is 1.81. The van der Waals surface area contributed by atoms with Crippen molar-refractivity contribution in [2.45, 2.75) is 40.0 Å². The minimum absolute atomic E-state index is 0.179. The molecule has 0 saturated carbocycles. The van der Waals surface area contributed by atoms with E-state index in [1.165, 1.54) is 16.7 Å². The van der Waals surface area contributed by atoms with Crippen molar-refractivity contribution in [2.75, 3.05) is 6.29 Å². The van der Waals surface area contributed by atoms with Crippen molar-refractivity contribution in [3.63, 3.8) is 0 Å². The van der Waals surface area contributed by atoms with E-state index in [0.29, 0.717) is 0 Å². The van der Waals surface area contributed by atoms with E-state index in [1.807, 2.05) is 43.3 Å². The van der Waals surface area contributed by atoms with E-state index >= 15 is 0 Å². The first-order valence-corrected chi connectivity index (χ1v) is 9.87. The monoisotopic (exact) mass is 315 g/mol. The number of hydrogen-bond donors (Lipinski definition) is 1. The molecule has 0 aliphatic carbocycles. The summed E-state index contributed by atoms with van der Waals surface area (Å²) < 4.78 is 13.7. The van der Waals surface area contributed by atoms with Gasteiger partial charge in [-0.25, -0.2) is 0 Å². The highest BCUT2D eigenvalue weighted by atomic mass is 31.2. The van der Waals surface area contributed by atoms with Crippen molar-refractivity contribution in [1.29, 1.82) is 0 Å². The number of hydrogen-bond acceptors (Lipinski definition) is 2. The Balaban J connectivity index is 2.54. The molecule has 0 amide bonds. The summed E-state index contributed by atoms with van der Waals surface area (Å²) in [4.78, 5) is 0. The molecule has 2 aromatic carbocycles. The molecule has 0 saturated heterocycles. The van der Waals surface area contributed by atoms with Gasteiger partial charge in [-0.2, -0.15) is 0 Å². The largest absolute Gasteiger partial charge is 0.324 e. The van der Waals surface area contributed by atoms with E-state index in [2.05, 4.69) is 19.9 Å². The highest BCUT2D eigenvalue weighted by Crippen LogP contribution is 2.42. The SMILES string of the molecule is CCCCc1cc(C)ccc1P(=O)(CN)c1ccc(C)cc1. The molecule has 2 N–H and O–H groups in total. The molecule has 2 aromatic rings. The third-order valence-electron chi connectivity index (χ3n) is 4.13. The molecule has 0 fully saturated rings. The first-order valence-electron chi connectivity index (χ1n) is 7.97. The standard InChI is InChI=1S/C19H26NOP/c1-4-5-6-17-13-16(3)9-12-19(17)22(21,14-20)18-10-7-15(2)8-11-18/h7-13H,4-6,14,20H2,1-3H3. The Morgan fingerprint density at radius 2 is 1.64 bits per heavy atom. The van der Waals surface area contributed by atoms with Crippen LogP contribution in [0.2, 0.25) is 0 Å². The van der Waals surface area contributed by atoms with Gasteiger partial charge < -0.3 is 10.3 Å². The van der Waals surface area contributed by atoms with Gasteiger partial charge in [0.05, 0.1) is 6.29 Å². The van der Waals surface area contributed by atoms with Crippen molar-refractivity contribution in [3.05, 3.63) is 59.2 Å². The second kappa shape index (κ2) is 7.26. The first-order chi connectivity index (χ1) is 10.5. The zero-order valence-corrected chi connectivity index (χ0v) is 14.7. The molecule has 0 heterocycles. The summed E-state index contributed by atoms with van der Waals surface area (Å²) in [5.74, 6) is 0. The van der Waals surface area contributed by atoms with Crippen LogP contribution in [0, 0.1) is 13.8 Å². The second-order valence-electron chi connectivity index (χ2n) is 5.99. The molecule has 118 valence electrons. The molecule has 0 aliphatic rings. The van der Waals surface area contributed by atoms with Crippen LogP contribution in [0.4, 0.5) is 0 Å². The Morgan fingerprint density at radius 1 is 1.00 bits per heavy atom. The lowest BCUT2D eigenvalue weighted by molar-refractivity contribution is 0.587. The van der Waals surface area contributed by atoms with Gasteiger partial charge in [-0.15, -0.1) is 0 Å². The van der Waals surface area contributed by atoms with Gasteiger partial charge in [0.25, 0.3) is 0 Å². The number of rotatable bonds is 6. The number of benzene rings is 2. The smallest absolute Gasteiger partial charge is 0.156 e. The Kier molecular flexibility index (Phi) is 5.61. The van der Waals surface area contributed by atoms with Gasteiger partial charge in [-0.3, -0.25) is 0 Å². The third kappa shape index (κ3) is 3.51. The minimum Gasteiger partial charge on any atom is -0.324 e. The molecule has 0 radical (unpaired) electrons. The fourth-order valence-electron chi connectivity index (χ4n) is 2.76. The lowest BCUT2D eigenvalue weighted by Crippen LogP contribution is -2.25. The van der Waals surface area contributed by atoms with Crippen molar-refractivity contribution in [3.8, 4) is 0 Å². The first kappa shape index (κ1) is 17.0. The summed E-state index contributed by atoms with van der Waals surface area (Å²) in [5.41, 5.74) is 9.55. The fraction of sp³-hybridized carbons (Fsp3) is 0.368.